The van der Waals surface area contributed by atoms with E-state index in [0.717, 1.165) is 20.1 Å². The molecule has 0 amide bonds. The lowest BCUT2D eigenvalue weighted by Crippen LogP contribution is -1.97. The molecule has 0 bridgehead atoms. The molecular formula is C22H13Br2Cl2NO. The second-order valence-corrected chi connectivity index (χ2v) is 8.43. The third-order valence-electron chi connectivity index (χ3n) is 3.91. The highest BCUT2D eigenvalue weighted by molar-refractivity contribution is 9.11. The Hall–Kier alpha value is -1.77. The van der Waals surface area contributed by atoms with Gasteiger partial charge in [-0.2, -0.15) is 5.26 Å². The van der Waals surface area contributed by atoms with Crippen LogP contribution in [0.15, 0.2) is 69.6 Å². The number of ether oxygens (including phenoxy) is 1. The Labute approximate surface area is 190 Å². The van der Waals surface area contributed by atoms with E-state index in [-0.39, 0.29) is 0 Å². The summed E-state index contributed by atoms with van der Waals surface area (Å²) in [6.07, 6.45) is 1.79. The Kier molecular flexibility index (Phi) is 7.20. The van der Waals surface area contributed by atoms with Crippen molar-refractivity contribution in [2.45, 2.75) is 6.61 Å². The van der Waals surface area contributed by atoms with Crippen LogP contribution in [0.1, 0.15) is 16.7 Å². The van der Waals surface area contributed by atoms with E-state index >= 15 is 0 Å². The highest BCUT2D eigenvalue weighted by atomic mass is 79.9. The molecule has 3 aromatic carbocycles. The SMILES string of the molecule is N#CC(=Cc1cc(Br)c(OCc2ccc(Cl)cc2)c(Br)c1)c1ccccc1Cl. The van der Waals surface area contributed by atoms with Crippen LogP contribution < -0.4 is 4.74 Å². The van der Waals surface area contributed by atoms with Crippen molar-refractivity contribution in [3.63, 3.8) is 0 Å². The van der Waals surface area contributed by atoms with Crippen molar-refractivity contribution in [3.05, 3.63) is 96.3 Å². The van der Waals surface area contributed by atoms with Crippen LogP contribution in [0.4, 0.5) is 0 Å². The number of rotatable bonds is 5. The van der Waals surface area contributed by atoms with E-state index in [1.165, 1.54) is 0 Å². The average molecular weight is 538 g/mol. The lowest BCUT2D eigenvalue weighted by molar-refractivity contribution is 0.302. The van der Waals surface area contributed by atoms with Crippen LogP contribution in [-0.4, -0.2) is 0 Å². The lowest BCUT2D eigenvalue weighted by atomic mass is 10.0. The molecule has 0 spiro atoms. The molecule has 6 heteroatoms. The van der Waals surface area contributed by atoms with Crippen LogP contribution in [0.3, 0.4) is 0 Å². The van der Waals surface area contributed by atoms with Gasteiger partial charge in [-0.1, -0.05) is 53.5 Å². The Morgan fingerprint density at radius 3 is 2.25 bits per heavy atom. The zero-order valence-electron chi connectivity index (χ0n) is 14.4. The number of hydrogen-bond donors (Lipinski definition) is 0. The molecule has 0 heterocycles. The largest absolute Gasteiger partial charge is 0.487 e. The Bertz CT molecular complexity index is 1050. The summed E-state index contributed by atoms with van der Waals surface area (Å²) in [5, 5.41) is 10.8. The van der Waals surface area contributed by atoms with E-state index < -0.39 is 0 Å². The predicted molar refractivity (Wildman–Crippen MR) is 123 cm³/mol. The first-order chi connectivity index (χ1) is 13.5. The van der Waals surface area contributed by atoms with Crippen LogP contribution in [0, 0.1) is 11.3 Å². The zero-order valence-corrected chi connectivity index (χ0v) is 19.1. The third-order valence-corrected chi connectivity index (χ3v) is 5.67. The van der Waals surface area contributed by atoms with Gasteiger partial charge in [-0.05, 0) is 79.4 Å². The van der Waals surface area contributed by atoms with E-state index in [1.54, 1.807) is 12.1 Å². The van der Waals surface area contributed by atoms with Crippen LogP contribution in [-0.2, 0) is 6.61 Å². The van der Waals surface area contributed by atoms with E-state index in [1.807, 2.05) is 54.6 Å². The molecule has 0 atom stereocenters. The minimum atomic E-state index is 0.409. The lowest BCUT2D eigenvalue weighted by Gasteiger charge is -2.12. The van der Waals surface area contributed by atoms with Gasteiger partial charge in [-0.25, -0.2) is 0 Å². The van der Waals surface area contributed by atoms with Crippen molar-refractivity contribution in [2.24, 2.45) is 0 Å². The van der Waals surface area contributed by atoms with E-state index in [2.05, 4.69) is 37.9 Å². The molecule has 0 saturated heterocycles. The summed E-state index contributed by atoms with van der Waals surface area (Å²) in [4.78, 5) is 0. The van der Waals surface area contributed by atoms with Crippen molar-refractivity contribution in [3.8, 4) is 11.8 Å². The van der Waals surface area contributed by atoms with Gasteiger partial charge in [-0.15, -0.1) is 0 Å². The number of benzene rings is 3. The first kappa shape index (κ1) is 21.0. The van der Waals surface area contributed by atoms with Gasteiger partial charge in [-0.3, -0.25) is 0 Å². The van der Waals surface area contributed by atoms with Gasteiger partial charge in [0.05, 0.1) is 20.6 Å². The van der Waals surface area contributed by atoms with Crippen molar-refractivity contribution >= 4 is 66.7 Å². The standard InChI is InChI=1S/C22H13Br2Cl2NO/c23-19-10-15(9-16(12-27)18-3-1-2-4-21(18)26)11-20(24)22(19)28-13-14-5-7-17(25)8-6-14/h1-11H,13H2. The van der Waals surface area contributed by atoms with Crippen molar-refractivity contribution in [2.75, 3.05) is 0 Å². The molecule has 0 fully saturated rings. The van der Waals surface area contributed by atoms with Gasteiger partial charge in [0, 0.05) is 15.6 Å². The maximum absolute atomic E-state index is 9.55. The molecular weight excluding hydrogens is 525 g/mol. The number of nitriles is 1. The molecule has 3 rings (SSSR count). The molecule has 2 nitrogen and oxygen atoms in total. The van der Waals surface area contributed by atoms with Gasteiger partial charge in [0.25, 0.3) is 0 Å². The van der Waals surface area contributed by atoms with Crippen molar-refractivity contribution < 1.29 is 4.74 Å². The fourth-order valence-electron chi connectivity index (χ4n) is 2.55. The van der Waals surface area contributed by atoms with Gasteiger partial charge in [0.1, 0.15) is 12.4 Å². The summed E-state index contributed by atoms with van der Waals surface area (Å²) < 4.78 is 7.49. The highest BCUT2D eigenvalue weighted by Gasteiger charge is 2.11. The highest BCUT2D eigenvalue weighted by Crippen LogP contribution is 2.36. The van der Waals surface area contributed by atoms with Crippen LogP contribution in [0.5, 0.6) is 5.75 Å². The Morgan fingerprint density at radius 2 is 1.64 bits per heavy atom. The molecule has 0 radical (unpaired) electrons. The predicted octanol–water partition coefficient (Wildman–Crippen LogP) is 8.16. The van der Waals surface area contributed by atoms with Gasteiger partial charge < -0.3 is 4.74 Å². The molecule has 0 aromatic heterocycles. The molecule has 0 N–H and O–H groups in total. The first-order valence-corrected chi connectivity index (χ1v) is 10.5. The van der Waals surface area contributed by atoms with Gasteiger partial charge in [0.15, 0.2) is 0 Å². The van der Waals surface area contributed by atoms with Crippen LogP contribution in [0.2, 0.25) is 10.0 Å². The van der Waals surface area contributed by atoms with Crippen LogP contribution >= 0.6 is 55.1 Å². The fraction of sp³-hybridized carbons (Fsp3) is 0.0455. The fourth-order valence-corrected chi connectivity index (χ4v) is 4.37. The Balaban J connectivity index is 1.86. The maximum atomic E-state index is 9.55. The second-order valence-electron chi connectivity index (χ2n) is 5.88. The number of allylic oxidation sites excluding steroid dienone is 1. The summed E-state index contributed by atoms with van der Waals surface area (Å²) in [6, 6.07) is 20.8. The van der Waals surface area contributed by atoms with Crippen molar-refractivity contribution in [1.82, 2.24) is 0 Å². The number of nitrogens with zero attached hydrogens (tertiary/aromatic N) is 1. The van der Waals surface area contributed by atoms with Crippen LogP contribution in [0.25, 0.3) is 11.6 Å². The molecule has 0 unspecified atom stereocenters. The topological polar surface area (TPSA) is 33.0 Å². The summed E-state index contributed by atoms with van der Waals surface area (Å²) in [7, 11) is 0. The minimum Gasteiger partial charge on any atom is -0.487 e. The number of hydrogen-bond acceptors (Lipinski definition) is 2. The van der Waals surface area contributed by atoms with E-state index in [4.69, 9.17) is 27.9 Å². The summed E-state index contributed by atoms with van der Waals surface area (Å²) >= 11 is 19.2. The molecule has 140 valence electrons. The quantitative estimate of drug-likeness (QED) is 0.243. The molecule has 3 aromatic rings. The number of halogens is 4. The molecule has 0 aliphatic rings. The van der Waals surface area contributed by atoms with E-state index in [9.17, 15) is 5.26 Å². The minimum absolute atomic E-state index is 0.409. The zero-order chi connectivity index (χ0) is 20.1. The Morgan fingerprint density at radius 1 is 1.00 bits per heavy atom. The molecule has 28 heavy (non-hydrogen) atoms. The average Bonchev–Trinajstić information content (AvgIpc) is 2.67. The normalized spacial score (nSPS) is 11.2. The molecule has 0 aliphatic heterocycles. The third kappa shape index (κ3) is 5.18. The molecule has 0 aliphatic carbocycles. The summed E-state index contributed by atoms with van der Waals surface area (Å²) in [6.45, 7) is 0.409. The van der Waals surface area contributed by atoms with Gasteiger partial charge >= 0.3 is 0 Å². The monoisotopic (exact) mass is 535 g/mol. The smallest absolute Gasteiger partial charge is 0.148 e. The summed E-state index contributed by atoms with van der Waals surface area (Å²) in [5.74, 6) is 0.684. The first-order valence-electron chi connectivity index (χ1n) is 8.21. The second kappa shape index (κ2) is 9.62. The van der Waals surface area contributed by atoms with Crippen molar-refractivity contribution in [1.29, 1.82) is 5.26 Å². The van der Waals surface area contributed by atoms with E-state index in [0.29, 0.717) is 33.5 Å². The maximum Gasteiger partial charge on any atom is 0.148 e. The molecule has 0 saturated carbocycles. The van der Waals surface area contributed by atoms with Gasteiger partial charge in [0.2, 0.25) is 0 Å². The summed E-state index contributed by atoms with van der Waals surface area (Å²) in [5.41, 5.74) is 3.04.